The highest BCUT2D eigenvalue weighted by Crippen LogP contribution is 2.10. The van der Waals surface area contributed by atoms with E-state index in [0.717, 1.165) is 5.56 Å². The fourth-order valence-corrected chi connectivity index (χ4v) is 0.976. The molecule has 0 saturated carbocycles. The molecule has 0 aliphatic heterocycles. The Morgan fingerprint density at radius 1 is 1.57 bits per heavy atom. The van der Waals surface area contributed by atoms with Crippen molar-refractivity contribution in [1.82, 2.24) is 4.98 Å². The summed E-state index contributed by atoms with van der Waals surface area (Å²) in [5.74, 6) is 0.431. The third-order valence-corrected chi connectivity index (χ3v) is 1.81. The molecule has 0 spiro atoms. The number of pyridine rings is 1. The van der Waals surface area contributed by atoms with Crippen molar-refractivity contribution in [1.29, 1.82) is 0 Å². The maximum Gasteiger partial charge on any atom is 0.258 e. The van der Waals surface area contributed by atoms with E-state index >= 15 is 0 Å². The van der Waals surface area contributed by atoms with E-state index in [2.05, 4.69) is 10.3 Å². The number of nitrogens with one attached hydrogen (secondary N) is 1. The predicted molar refractivity (Wildman–Crippen MR) is 51.2 cm³/mol. The molecule has 0 bridgehead atoms. The summed E-state index contributed by atoms with van der Waals surface area (Å²) >= 11 is 0. The molecule has 0 fully saturated rings. The standard InChI is InChI=1S/C9H13F2N3/c1-6(9(10)11)14-8-4-7(5-12)2-3-13-8/h2-4,6,9H,5,12H2,1H3,(H,13,14)/t6-/m0/s1. The summed E-state index contributed by atoms with van der Waals surface area (Å²) < 4.78 is 24.4. The summed E-state index contributed by atoms with van der Waals surface area (Å²) in [5.41, 5.74) is 6.27. The van der Waals surface area contributed by atoms with E-state index in [-0.39, 0.29) is 0 Å². The van der Waals surface area contributed by atoms with Crippen molar-refractivity contribution < 1.29 is 8.78 Å². The molecule has 0 aliphatic rings. The fraction of sp³-hybridized carbons (Fsp3) is 0.444. The minimum absolute atomic E-state index is 0.375. The Bertz CT molecular complexity index is 291. The van der Waals surface area contributed by atoms with Crippen molar-refractivity contribution in [2.45, 2.75) is 25.9 Å². The van der Waals surface area contributed by atoms with Crippen LogP contribution >= 0.6 is 0 Å². The Kier molecular flexibility index (Phi) is 3.76. The zero-order valence-corrected chi connectivity index (χ0v) is 7.87. The molecule has 1 heterocycles. The molecule has 5 heteroatoms. The van der Waals surface area contributed by atoms with Gasteiger partial charge in [0.15, 0.2) is 0 Å². The van der Waals surface area contributed by atoms with Crippen molar-refractivity contribution in [3.63, 3.8) is 0 Å². The largest absolute Gasteiger partial charge is 0.362 e. The van der Waals surface area contributed by atoms with Gasteiger partial charge in [-0.15, -0.1) is 0 Å². The maximum atomic E-state index is 12.2. The zero-order chi connectivity index (χ0) is 10.6. The molecule has 0 unspecified atom stereocenters. The second kappa shape index (κ2) is 4.85. The Balaban J connectivity index is 2.66. The number of hydrogen-bond donors (Lipinski definition) is 2. The molecule has 0 saturated heterocycles. The number of halogens is 2. The van der Waals surface area contributed by atoms with E-state index in [9.17, 15) is 8.78 Å². The number of alkyl halides is 2. The van der Waals surface area contributed by atoms with E-state index in [1.807, 2.05) is 0 Å². The number of rotatable bonds is 4. The second-order valence-electron chi connectivity index (χ2n) is 3.02. The Morgan fingerprint density at radius 2 is 2.29 bits per heavy atom. The van der Waals surface area contributed by atoms with Gasteiger partial charge in [-0.25, -0.2) is 13.8 Å². The van der Waals surface area contributed by atoms with Gasteiger partial charge in [-0.3, -0.25) is 0 Å². The first-order valence-electron chi connectivity index (χ1n) is 4.33. The van der Waals surface area contributed by atoms with E-state index in [1.54, 1.807) is 18.3 Å². The highest BCUT2D eigenvalue weighted by Gasteiger charge is 2.14. The molecular formula is C9H13F2N3. The van der Waals surface area contributed by atoms with E-state index in [4.69, 9.17) is 5.73 Å². The van der Waals surface area contributed by atoms with Gasteiger partial charge in [0.1, 0.15) is 5.82 Å². The van der Waals surface area contributed by atoms with E-state index < -0.39 is 12.5 Å². The van der Waals surface area contributed by atoms with Gasteiger partial charge in [0.25, 0.3) is 6.43 Å². The van der Waals surface area contributed by atoms with Crippen LogP contribution in [0.1, 0.15) is 12.5 Å². The van der Waals surface area contributed by atoms with Crippen LogP contribution in [0.4, 0.5) is 14.6 Å². The van der Waals surface area contributed by atoms with Crippen LogP contribution in [0.3, 0.4) is 0 Å². The number of nitrogens with two attached hydrogens (primary N) is 1. The van der Waals surface area contributed by atoms with E-state index in [0.29, 0.717) is 12.4 Å². The molecule has 0 aromatic carbocycles. The molecular weight excluding hydrogens is 188 g/mol. The predicted octanol–water partition coefficient (Wildman–Crippen LogP) is 1.61. The SMILES string of the molecule is C[C@H](Nc1cc(CN)ccn1)C(F)F. The summed E-state index contributed by atoms with van der Waals surface area (Å²) in [6.07, 6.45) is -0.860. The fourth-order valence-electron chi connectivity index (χ4n) is 0.976. The maximum absolute atomic E-state index is 12.2. The van der Waals surface area contributed by atoms with Gasteiger partial charge in [0, 0.05) is 12.7 Å². The lowest BCUT2D eigenvalue weighted by molar-refractivity contribution is 0.130. The number of nitrogens with zero attached hydrogens (tertiary/aromatic N) is 1. The van der Waals surface area contributed by atoms with Crippen LogP contribution in [0, 0.1) is 0 Å². The molecule has 1 aromatic rings. The summed E-state index contributed by atoms with van der Waals surface area (Å²) in [6, 6.07) is 2.51. The first-order valence-corrected chi connectivity index (χ1v) is 4.33. The third kappa shape index (κ3) is 2.92. The Hall–Kier alpha value is -1.23. The van der Waals surface area contributed by atoms with Crippen LogP contribution in [-0.2, 0) is 6.54 Å². The van der Waals surface area contributed by atoms with Gasteiger partial charge >= 0.3 is 0 Å². The lowest BCUT2D eigenvalue weighted by Crippen LogP contribution is -2.24. The van der Waals surface area contributed by atoms with Gasteiger partial charge in [-0.05, 0) is 24.6 Å². The third-order valence-electron chi connectivity index (χ3n) is 1.81. The normalized spacial score (nSPS) is 12.9. The molecule has 0 amide bonds. The summed E-state index contributed by atoms with van der Waals surface area (Å²) in [7, 11) is 0. The van der Waals surface area contributed by atoms with Gasteiger partial charge in [0.05, 0.1) is 6.04 Å². The first-order chi connectivity index (χ1) is 6.63. The van der Waals surface area contributed by atoms with Crippen LogP contribution in [0.5, 0.6) is 0 Å². The lowest BCUT2D eigenvalue weighted by Gasteiger charge is -2.13. The zero-order valence-electron chi connectivity index (χ0n) is 7.87. The van der Waals surface area contributed by atoms with Crippen LogP contribution in [0.2, 0.25) is 0 Å². The number of aromatic nitrogens is 1. The van der Waals surface area contributed by atoms with Gasteiger partial charge in [0.2, 0.25) is 0 Å². The Morgan fingerprint density at radius 3 is 2.86 bits per heavy atom. The van der Waals surface area contributed by atoms with Crippen LogP contribution in [0.25, 0.3) is 0 Å². The van der Waals surface area contributed by atoms with Crippen LogP contribution in [0.15, 0.2) is 18.3 Å². The van der Waals surface area contributed by atoms with Crippen LogP contribution < -0.4 is 11.1 Å². The Labute approximate surface area is 81.3 Å². The van der Waals surface area contributed by atoms with Gasteiger partial charge < -0.3 is 11.1 Å². The molecule has 3 N–H and O–H groups in total. The molecule has 14 heavy (non-hydrogen) atoms. The van der Waals surface area contributed by atoms with Crippen molar-refractivity contribution >= 4 is 5.82 Å². The topological polar surface area (TPSA) is 50.9 Å². The van der Waals surface area contributed by atoms with Gasteiger partial charge in [-0.2, -0.15) is 0 Å². The molecule has 1 aromatic heterocycles. The molecule has 1 atom stereocenters. The first kappa shape index (κ1) is 10.8. The molecule has 0 radical (unpaired) electrons. The minimum atomic E-state index is -2.40. The second-order valence-corrected chi connectivity index (χ2v) is 3.02. The molecule has 0 aliphatic carbocycles. The lowest BCUT2D eigenvalue weighted by atomic mass is 10.2. The highest BCUT2D eigenvalue weighted by molar-refractivity contribution is 5.38. The summed E-state index contributed by atoms with van der Waals surface area (Å²) in [4.78, 5) is 3.91. The smallest absolute Gasteiger partial charge is 0.258 e. The minimum Gasteiger partial charge on any atom is -0.362 e. The van der Waals surface area contributed by atoms with E-state index in [1.165, 1.54) is 6.92 Å². The molecule has 78 valence electrons. The van der Waals surface area contributed by atoms with Crippen molar-refractivity contribution in [3.05, 3.63) is 23.9 Å². The molecule has 1 rings (SSSR count). The van der Waals surface area contributed by atoms with Crippen molar-refractivity contribution in [2.24, 2.45) is 5.73 Å². The van der Waals surface area contributed by atoms with Crippen molar-refractivity contribution in [2.75, 3.05) is 5.32 Å². The average molecular weight is 201 g/mol. The number of anilines is 1. The van der Waals surface area contributed by atoms with Gasteiger partial charge in [-0.1, -0.05) is 0 Å². The van der Waals surface area contributed by atoms with Crippen molar-refractivity contribution in [3.8, 4) is 0 Å². The monoisotopic (exact) mass is 201 g/mol. The summed E-state index contributed by atoms with van der Waals surface area (Å²) in [5, 5.41) is 2.60. The molecule has 3 nitrogen and oxygen atoms in total. The quantitative estimate of drug-likeness (QED) is 0.778. The van der Waals surface area contributed by atoms with Crippen LogP contribution in [-0.4, -0.2) is 17.5 Å². The summed E-state index contributed by atoms with van der Waals surface area (Å²) in [6.45, 7) is 1.78. The number of hydrogen-bond acceptors (Lipinski definition) is 3. The average Bonchev–Trinajstić information content (AvgIpc) is 2.18. The highest BCUT2D eigenvalue weighted by atomic mass is 19.3.